The summed E-state index contributed by atoms with van der Waals surface area (Å²) < 4.78 is 5.19. The maximum atomic E-state index is 11.6. The number of anilines is 1. The number of ether oxygens (including phenoxy) is 1. The molecule has 2 atom stereocenters. The molecule has 5 nitrogen and oxygen atoms in total. The molecule has 3 rings (SSSR count). The number of carboxylic acid groups (broad SMARTS) is 1. The van der Waals surface area contributed by atoms with Gasteiger partial charge in [-0.25, -0.2) is 4.79 Å². The number of hydrogen-bond donors (Lipinski definition) is 1. The summed E-state index contributed by atoms with van der Waals surface area (Å²) in [5.74, 6) is -0.638. The van der Waals surface area contributed by atoms with Gasteiger partial charge in [0, 0.05) is 10.9 Å². The maximum Gasteiger partial charge on any atom is 0.352 e. The van der Waals surface area contributed by atoms with E-state index in [0.29, 0.717) is 15.7 Å². The van der Waals surface area contributed by atoms with E-state index in [-0.39, 0.29) is 17.7 Å². The van der Waals surface area contributed by atoms with Crippen LogP contribution >= 0.6 is 23.2 Å². The molecule has 0 bridgehead atoms. The van der Waals surface area contributed by atoms with Crippen molar-refractivity contribution in [2.24, 2.45) is 11.0 Å². The highest BCUT2D eigenvalue weighted by Gasteiger charge is 2.40. The number of carboxylic acids is 1. The van der Waals surface area contributed by atoms with Crippen LogP contribution in [-0.2, 0) is 4.79 Å². The number of halogens is 2. The van der Waals surface area contributed by atoms with Crippen molar-refractivity contribution in [3.63, 3.8) is 0 Å². The second kappa shape index (κ2) is 6.94. The Bertz CT molecular complexity index is 837. The first-order valence-corrected chi connectivity index (χ1v) is 8.38. The second-order valence-corrected chi connectivity index (χ2v) is 6.58. The minimum absolute atomic E-state index is 0.0897. The lowest BCUT2D eigenvalue weighted by molar-refractivity contribution is -0.129. The van der Waals surface area contributed by atoms with E-state index < -0.39 is 5.97 Å². The van der Waals surface area contributed by atoms with Crippen LogP contribution in [0.3, 0.4) is 0 Å². The normalized spacial score (nSPS) is 19.7. The van der Waals surface area contributed by atoms with Gasteiger partial charge in [0.05, 0.1) is 23.9 Å². The standard InChI is InChI=1S/C18H16Cl2N2O3/c1-10-16(18(23)24)21-22(15-8-5-12(19)9-14(15)20)17(10)11-3-6-13(25-2)7-4-11/h3-10,17H,1-2H3,(H,23,24)/t10-,17+/m1/s1. The Labute approximate surface area is 155 Å². The van der Waals surface area contributed by atoms with Gasteiger partial charge in [-0.3, -0.25) is 5.01 Å². The van der Waals surface area contributed by atoms with Crippen molar-refractivity contribution < 1.29 is 14.6 Å². The highest BCUT2D eigenvalue weighted by Crippen LogP contribution is 2.42. The quantitative estimate of drug-likeness (QED) is 0.841. The summed E-state index contributed by atoms with van der Waals surface area (Å²) in [6.45, 7) is 1.84. The average molecular weight is 379 g/mol. The number of hydrogen-bond acceptors (Lipinski definition) is 4. The lowest BCUT2D eigenvalue weighted by Crippen LogP contribution is -2.26. The summed E-state index contributed by atoms with van der Waals surface area (Å²) >= 11 is 12.3. The number of aliphatic carboxylic acids is 1. The molecule has 0 radical (unpaired) electrons. The molecule has 0 spiro atoms. The summed E-state index contributed by atoms with van der Waals surface area (Å²) in [4.78, 5) is 11.6. The third kappa shape index (κ3) is 3.30. The van der Waals surface area contributed by atoms with Crippen molar-refractivity contribution in [1.29, 1.82) is 0 Å². The van der Waals surface area contributed by atoms with Crippen LogP contribution in [0, 0.1) is 5.92 Å². The fourth-order valence-electron chi connectivity index (χ4n) is 2.97. The van der Waals surface area contributed by atoms with Crippen LogP contribution in [0.2, 0.25) is 10.0 Å². The van der Waals surface area contributed by atoms with Gasteiger partial charge in [-0.2, -0.15) is 5.10 Å². The van der Waals surface area contributed by atoms with Crippen LogP contribution in [0.5, 0.6) is 5.75 Å². The lowest BCUT2D eigenvalue weighted by Gasteiger charge is -2.27. The van der Waals surface area contributed by atoms with Crippen molar-refractivity contribution in [1.82, 2.24) is 0 Å². The molecule has 2 aromatic carbocycles. The van der Waals surface area contributed by atoms with E-state index in [1.807, 2.05) is 31.2 Å². The topological polar surface area (TPSA) is 62.1 Å². The summed E-state index contributed by atoms with van der Waals surface area (Å²) in [6.07, 6.45) is 0. The van der Waals surface area contributed by atoms with Gasteiger partial charge in [0.1, 0.15) is 5.75 Å². The number of benzene rings is 2. The first-order valence-electron chi connectivity index (χ1n) is 7.62. The molecule has 1 aliphatic rings. The Balaban J connectivity index is 2.08. The minimum atomic E-state index is -1.04. The van der Waals surface area contributed by atoms with Crippen molar-refractivity contribution in [2.75, 3.05) is 12.1 Å². The molecule has 7 heteroatoms. The van der Waals surface area contributed by atoms with Crippen LogP contribution in [0.25, 0.3) is 0 Å². The number of rotatable bonds is 4. The zero-order chi connectivity index (χ0) is 18.1. The minimum Gasteiger partial charge on any atom is -0.497 e. The fraction of sp³-hybridized carbons (Fsp3) is 0.222. The summed E-state index contributed by atoms with van der Waals surface area (Å²) in [5, 5.41) is 16.4. The lowest BCUT2D eigenvalue weighted by atomic mass is 9.91. The van der Waals surface area contributed by atoms with E-state index in [4.69, 9.17) is 27.9 Å². The van der Waals surface area contributed by atoms with Gasteiger partial charge in [-0.15, -0.1) is 0 Å². The largest absolute Gasteiger partial charge is 0.497 e. The first kappa shape index (κ1) is 17.6. The molecule has 0 saturated heterocycles. The molecule has 0 aromatic heterocycles. The van der Waals surface area contributed by atoms with Gasteiger partial charge in [0.2, 0.25) is 0 Å². The number of nitrogens with zero attached hydrogens (tertiary/aromatic N) is 2. The van der Waals surface area contributed by atoms with Gasteiger partial charge in [0.15, 0.2) is 5.71 Å². The Hall–Kier alpha value is -2.24. The monoisotopic (exact) mass is 378 g/mol. The molecule has 1 N–H and O–H groups in total. The predicted molar refractivity (Wildman–Crippen MR) is 98.9 cm³/mol. The van der Waals surface area contributed by atoms with Crippen molar-refractivity contribution in [2.45, 2.75) is 13.0 Å². The molecule has 0 unspecified atom stereocenters. The molecule has 0 saturated carbocycles. The molecule has 0 fully saturated rings. The zero-order valence-corrected chi connectivity index (χ0v) is 15.1. The molecular formula is C18H16Cl2N2O3. The van der Waals surface area contributed by atoms with Crippen LogP contribution in [-0.4, -0.2) is 23.9 Å². The summed E-state index contributed by atoms with van der Waals surface area (Å²) in [7, 11) is 1.60. The average Bonchev–Trinajstić information content (AvgIpc) is 2.92. The molecule has 130 valence electrons. The van der Waals surface area contributed by atoms with E-state index in [9.17, 15) is 9.90 Å². The molecule has 1 aliphatic heterocycles. The van der Waals surface area contributed by atoms with Gasteiger partial charge in [0.25, 0.3) is 0 Å². The molecule has 2 aromatic rings. The van der Waals surface area contributed by atoms with Crippen LogP contribution in [0.4, 0.5) is 5.69 Å². The number of methoxy groups -OCH3 is 1. The summed E-state index contributed by atoms with van der Waals surface area (Å²) in [5.41, 5.74) is 1.61. The van der Waals surface area contributed by atoms with Crippen LogP contribution in [0.15, 0.2) is 47.6 Å². The molecule has 1 heterocycles. The Morgan fingerprint density at radius 1 is 1.20 bits per heavy atom. The van der Waals surface area contributed by atoms with Gasteiger partial charge in [-0.1, -0.05) is 42.3 Å². The van der Waals surface area contributed by atoms with Gasteiger partial charge >= 0.3 is 5.97 Å². The van der Waals surface area contributed by atoms with Crippen molar-refractivity contribution >= 4 is 40.6 Å². The molecule has 0 aliphatic carbocycles. The highest BCUT2D eigenvalue weighted by molar-refractivity contribution is 6.38. The van der Waals surface area contributed by atoms with Crippen molar-refractivity contribution in [3.05, 3.63) is 58.1 Å². The van der Waals surface area contributed by atoms with E-state index in [1.54, 1.807) is 30.3 Å². The zero-order valence-electron chi connectivity index (χ0n) is 13.6. The molecule has 0 amide bonds. The fourth-order valence-corrected chi connectivity index (χ4v) is 3.47. The smallest absolute Gasteiger partial charge is 0.352 e. The third-order valence-corrected chi connectivity index (χ3v) is 4.75. The first-order chi connectivity index (χ1) is 11.9. The summed E-state index contributed by atoms with van der Waals surface area (Å²) in [6, 6.07) is 12.2. The van der Waals surface area contributed by atoms with Crippen LogP contribution in [0.1, 0.15) is 18.5 Å². The van der Waals surface area contributed by atoms with Gasteiger partial charge in [-0.05, 0) is 35.9 Å². The second-order valence-electron chi connectivity index (χ2n) is 5.74. The van der Waals surface area contributed by atoms with Gasteiger partial charge < -0.3 is 9.84 Å². The van der Waals surface area contributed by atoms with Crippen LogP contribution < -0.4 is 9.75 Å². The highest BCUT2D eigenvalue weighted by atomic mass is 35.5. The third-order valence-electron chi connectivity index (χ3n) is 4.22. The Morgan fingerprint density at radius 3 is 2.44 bits per heavy atom. The maximum absolute atomic E-state index is 11.6. The number of carbonyl (C=O) groups is 1. The van der Waals surface area contributed by atoms with E-state index >= 15 is 0 Å². The van der Waals surface area contributed by atoms with E-state index in [0.717, 1.165) is 11.3 Å². The molecular weight excluding hydrogens is 363 g/mol. The molecule has 25 heavy (non-hydrogen) atoms. The predicted octanol–water partition coefficient (Wildman–Crippen LogP) is 4.64. The number of hydrazone groups is 1. The Kier molecular flexibility index (Phi) is 4.88. The van der Waals surface area contributed by atoms with Crippen molar-refractivity contribution in [3.8, 4) is 5.75 Å². The van der Waals surface area contributed by atoms with E-state index in [1.165, 1.54) is 0 Å². The Morgan fingerprint density at radius 2 is 1.88 bits per heavy atom. The van der Waals surface area contributed by atoms with E-state index in [2.05, 4.69) is 5.10 Å². The SMILES string of the molecule is COc1ccc([C@@H]2[C@H](C)C(C(=O)O)=NN2c2ccc(Cl)cc2Cl)cc1.